The molecule has 108 valence electrons. The molecule has 1 rings (SSSR count). The summed E-state index contributed by atoms with van der Waals surface area (Å²) in [5.74, 6) is 1.21. The van der Waals surface area contributed by atoms with Gasteiger partial charge >= 0.3 is 0 Å². The normalized spacial score (nSPS) is 12.7. The average Bonchev–Trinajstić information content (AvgIpc) is 2.77. The summed E-state index contributed by atoms with van der Waals surface area (Å²) in [4.78, 5) is 14.2. The Hall–Kier alpha value is -1.00. The van der Waals surface area contributed by atoms with Gasteiger partial charge in [-0.2, -0.15) is 0 Å². The number of nitrogens with one attached hydrogen (secondary N) is 1. The van der Waals surface area contributed by atoms with Gasteiger partial charge in [0.15, 0.2) is 5.76 Å². The summed E-state index contributed by atoms with van der Waals surface area (Å²) in [6.45, 7) is 7.67. The van der Waals surface area contributed by atoms with Gasteiger partial charge in [0.25, 0.3) is 5.91 Å². The Morgan fingerprint density at radius 1 is 1.58 bits per heavy atom. The molecule has 0 aromatic carbocycles. The smallest absolute Gasteiger partial charge is 0.287 e. The predicted molar refractivity (Wildman–Crippen MR) is 77.7 cm³/mol. The van der Waals surface area contributed by atoms with Gasteiger partial charge in [-0.3, -0.25) is 4.79 Å². The minimum atomic E-state index is -0.184. The van der Waals surface area contributed by atoms with Crippen molar-refractivity contribution in [3.63, 3.8) is 0 Å². The van der Waals surface area contributed by atoms with E-state index in [9.17, 15) is 4.79 Å². The number of nitrogens with zero attached hydrogens (tertiary/aromatic N) is 1. The van der Waals surface area contributed by atoms with Crippen molar-refractivity contribution < 1.29 is 9.21 Å². The summed E-state index contributed by atoms with van der Waals surface area (Å²) in [7, 11) is 2.06. The first-order valence-corrected chi connectivity index (χ1v) is 7.16. The highest BCUT2D eigenvalue weighted by Crippen LogP contribution is 2.16. The second-order valence-electron chi connectivity index (χ2n) is 4.87. The maximum atomic E-state index is 11.9. The molecule has 0 radical (unpaired) electrons. The zero-order valence-corrected chi connectivity index (χ0v) is 12.9. The fraction of sp³-hybridized carbons (Fsp3) is 0.643. The van der Waals surface area contributed by atoms with E-state index in [1.165, 1.54) is 0 Å². The van der Waals surface area contributed by atoms with Gasteiger partial charge in [-0.25, -0.2) is 0 Å². The molecule has 1 heterocycles. The molecule has 1 aromatic heterocycles. The van der Waals surface area contributed by atoms with E-state index < -0.39 is 0 Å². The van der Waals surface area contributed by atoms with Crippen molar-refractivity contribution in [2.75, 3.05) is 20.1 Å². The highest BCUT2D eigenvalue weighted by molar-refractivity contribution is 6.17. The van der Waals surface area contributed by atoms with Crippen molar-refractivity contribution in [3.05, 3.63) is 23.2 Å². The van der Waals surface area contributed by atoms with Crippen LogP contribution in [0.1, 0.15) is 42.1 Å². The van der Waals surface area contributed by atoms with E-state index in [-0.39, 0.29) is 5.91 Å². The fourth-order valence-electron chi connectivity index (χ4n) is 1.82. The van der Waals surface area contributed by atoms with Gasteiger partial charge in [0, 0.05) is 18.2 Å². The summed E-state index contributed by atoms with van der Waals surface area (Å²) in [5, 5.41) is 2.89. The standard InChI is InChI=1S/C14H23ClN2O2/c1-5-6-17(4)10(2)9-16-14(18)13-7-12(8-15)11(3)19-13/h7,10H,5-6,8-9H2,1-4H3,(H,16,18). The van der Waals surface area contributed by atoms with Crippen molar-refractivity contribution in [2.45, 2.75) is 39.1 Å². The maximum Gasteiger partial charge on any atom is 0.287 e. The molecule has 0 saturated carbocycles. The van der Waals surface area contributed by atoms with Gasteiger partial charge in [-0.1, -0.05) is 6.92 Å². The molecular formula is C14H23ClN2O2. The van der Waals surface area contributed by atoms with Gasteiger partial charge in [-0.05, 0) is 39.9 Å². The third kappa shape index (κ3) is 4.55. The second-order valence-corrected chi connectivity index (χ2v) is 5.13. The Morgan fingerprint density at radius 3 is 2.79 bits per heavy atom. The molecule has 0 bridgehead atoms. The van der Waals surface area contributed by atoms with Crippen LogP contribution in [0.15, 0.2) is 10.5 Å². The Balaban J connectivity index is 2.50. The van der Waals surface area contributed by atoms with Crippen LogP contribution < -0.4 is 5.32 Å². The fourth-order valence-corrected chi connectivity index (χ4v) is 2.09. The summed E-state index contributed by atoms with van der Waals surface area (Å²) in [6, 6.07) is 2.01. The van der Waals surface area contributed by atoms with E-state index in [0.717, 1.165) is 18.5 Å². The summed E-state index contributed by atoms with van der Waals surface area (Å²) < 4.78 is 5.40. The van der Waals surface area contributed by atoms with Crippen LogP contribution in [-0.4, -0.2) is 37.0 Å². The quantitative estimate of drug-likeness (QED) is 0.784. The molecule has 0 fully saturated rings. The highest BCUT2D eigenvalue weighted by Gasteiger charge is 2.15. The van der Waals surface area contributed by atoms with E-state index in [4.69, 9.17) is 16.0 Å². The Labute approximate surface area is 120 Å². The number of hydrogen-bond donors (Lipinski definition) is 1. The number of aryl methyl sites for hydroxylation is 1. The average molecular weight is 287 g/mol. The van der Waals surface area contributed by atoms with Crippen LogP contribution in [0.25, 0.3) is 0 Å². The van der Waals surface area contributed by atoms with E-state index in [2.05, 4.69) is 31.1 Å². The van der Waals surface area contributed by atoms with Crippen LogP contribution in [0.4, 0.5) is 0 Å². The molecule has 0 aliphatic carbocycles. The number of carbonyl (C=O) groups excluding carboxylic acids is 1. The number of carbonyl (C=O) groups is 1. The predicted octanol–water partition coefficient (Wildman–Crippen LogP) is 2.79. The zero-order chi connectivity index (χ0) is 14.4. The van der Waals surface area contributed by atoms with Gasteiger partial charge in [-0.15, -0.1) is 11.6 Å². The largest absolute Gasteiger partial charge is 0.456 e. The van der Waals surface area contributed by atoms with Crippen molar-refractivity contribution in [1.29, 1.82) is 0 Å². The van der Waals surface area contributed by atoms with Crippen LogP contribution >= 0.6 is 11.6 Å². The number of alkyl halides is 1. The van der Waals surface area contributed by atoms with Crippen molar-refractivity contribution in [3.8, 4) is 0 Å². The molecule has 1 N–H and O–H groups in total. The molecule has 0 saturated heterocycles. The first-order chi connectivity index (χ1) is 8.99. The molecule has 0 aliphatic heterocycles. The lowest BCUT2D eigenvalue weighted by molar-refractivity contribution is 0.0911. The van der Waals surface area contributed by atoms with E-state index >= 15 is 0 Å². The highest BCUT2D eigenvalue weighted by atomic mass is 35.5. The molecule has 19 heavy (non-hydrogen) atoms. The number of furan rings is 1. The van der Waals surface area contributed by atoms with Gasteiger partial charge < -0.3 is 14.6 Å². The molecule has 0 spiro atoms. The van der Waals surface area contributed by atoms with Crippen molar-refractivity contribution >= 4 is 17.5 Å². The molecule has 1 aromatic rings. The van der Waals surface area contributed by atoms with Crippen LogP contribution in [0.2, 0.25) is 0 Å². The van der Waals surface area contributed by atoms with Gasteiger partial charge in [0.05, 0.1) is 5.88 Å². The topological polar surface area (TPSA) is 45.5 Å². The zero-order valence-electron chi connectivity index (χ0n) is 12.1. The van der Waals surface area contributed by atoms with Gasteiger partial charge in [0.1, 0.15) is 5.76 Å². The van der Waals surface area contributed by atoms with E-state index in [1.54, 1.807) is 6.07 Å². The Kier molecular flexibility index (Phi) is 6.38. The SMILES string of the molecule is CCCN(C)C(C)CNC(=O)c1cc(CCl)c(C)o1. The third-order valence-corrected chi connectivity index (χ3v) is 3.56. The molecule has 1 amide bonds. The van der Waals surface area contributed by atoms with E-state index in [1.807, 2.05) is 6.92 Å². The van der Waals surface area contributed by atoms with Crippen LogP contribution in [0, 0.1) is 6.92 Å². The van der Waals surface area contributed by atoms with Gasteiger partial charge in [0.2, 0.25) is 0 Å². The Morgan fingerprint density at radius 2 is 2.26 bits per heavy atom. The first-order valence-electron chi connectivity index (χ1n) is 6.63. The number of rotatable bonds is 7. The number of amides is 1. The summed E-state index contributed by atoms with van der Waals surface area (Å²) >= 11 is 5.76. The maximum absolute atomic E-state index is 11.9. The number of likely N-dealkylation sites (N-methyl/N-ethyl adjacent to an activating group) is 1. The van der Waals surface area contributed by atoms with Crippen LogP contribution in [-0.2, 0) is 5.88 Å². The molecule has 0 aliphatic rings. The summed E-state index contributed by atoms with van der Waals surface area (Å²) in [6.07, 6.45) is 1.10. The molecule has 4 nitrogen and oxygen atoms in total. The molecule has 1 unspecified atom stereocenters. The lowest BCUT2D eigenvalue weighted by Gasteiger charge is -2.24. The van der Waals surface area contributed by atoms with Crippen molar-refractivity contribution in [2.24, 2.45) is 0 Å². The van der Waals surface area contributed by atoms with Crippen LogP contribution in [0.3, 0.4) is 0 Å². The molecule has 5 heteroatoms. The minimum absolute atomic E-state index is 0.184. The lowest BCUT2D eigenvalue weighted by Crippen LogP contribution is -2.40. The second kappa shape index (κ2) is 7.56. The Bertz CT molecular complexity index is 418. The van der Waals surface area contributed by atoms with Crippen molar-refractivity contribution in [1.82, 2.24) is 10.2 Å². The monoisotopic (exact) mass is 286 g/mol. The molecule has 1 atom stereocenters. The lowest BCUT2D eigenvalue weighted by atomic mass is 10.2. The van der Waals surface area contributed by atoms with Crippen LogP contribution in [0.5, 0.6) is 0 Å². The molecular weight excluding hydrogens is 264 g/mol. The van der Waals surface area contributed by atoms with E-state index in [0.29, 0.717) is 30.0 Å². The minimum Gasteiger partial charge on any atom is -0.456 e. The first kappa shape index (κ1) is 16.1. The third-order valence-electron chi connectivity index (χ3n) is 3.28. The number of hydrogen-bond acceptors (Lipinski definition) is 3. The summed E-state index contributed by atoms with van der Waals surface area (Å²) in [5.41, 5.74) is 0.864. The number of halogens is 1.